The van der Waals surface area contributed by atoms with Crippen LogP contribution in [0.25, 0.3) is 0 Å². The van der Waals surface area contributed by atoms with Crippen LogP contribution in [0.1, 0.15) is 70.1 Å². The van der Waals surface area contributed by atoms with Crippen molar-refractivity contribution < 1.29 is 51.9 Å². The van der Waals surface area contributed by atoms with Crippen molar-refractivity contribution in [1.29, 1.82) is 0 Å². The quantitative estimate of drug-likeness (QED) is 0.101. The van der Waals surface area contributed by atoms with Crippen LogP contribution in [0.15, 0.2) is 65.2 Å². The predicted molar refractivity (Wildman–Crippen MR) is 201 cm³/mol. The first-order valence-corrected chi connectivity index (χ1v) is 23.1. The molecule has 2 aromatic carbocycles. The monoisotopic (exact) mass is 802 g/mol. The van der Waals surface area contributed by atoms with Crippen LogP contribution in [0.3, 0.4) is 0 Å². The molecule has 2 aliphatic rings. The van der Waals surface area contributed by atoms with E-state index in [1.54, 1.807) is 6.07 Å². The number of aryl methyl sites for hydroxylation is 1. The molecule has 14 nitrogen and oxygen atoms in total. The van der Waals surface area contributed by atoms with E-state index in [4.69, 9.17) is 4.55 Å². The maximum absolute atomic E-state index is 13.1. The van der Waals surface area contributed by atoms with Gasteiger partial charge in [0.2, 0.25) is 15.7 Å². The fourth-order valence-corrected chi connectivity index (χ4v) is 9.51. The zero-order valence-electron chi connectivity index (χ0n) is 29.9. The Kier molecular flexibility index (Phi) is 12.4. The first-order chi connectivity index (χ1) is 23.8. The Hall–Kier alpha value is -2.97. The summed E-state index contributed by atoms with van der Waals surface area (Å²) in [6.07, 6.45) is 7.20. The van der Waals surface area contributed by atoms with Crippen LogP contribution in [-0.2, 0) is 51.2 Å². The Balaban J connectivity index is 1.73. The topological polar surface area (TPSA) is 216 Å². The van der Waals surface area contributed by atoms with E-state index >= 15 is 0 Å². The molecule has 0 bridgehead atoms. The third-order valence-corrected chi connectivity index (χ3v) is 13.2. The lowest BCUT2D eigenvalue weighted by Gasteiger charge is -2.27. The summed E-state index contributed by atoms with van der Waals surface area (Å²) in [6, 6.07) is 10.7. The number of anilines is 1. The maximum atomic E-state index is 13.1. The van der Waals surface area contributed by atoms with Crippen LogP contribution < -0.4 is 9.62 Å². The summed E-state index contributed by atoms with van der Waals surface area (Å²) in [4.78, 5) is 2.06. The van der Waals surface area contributed by atoms with E-state index < -0.39 is 69.3 Å². The maximum Gasteiger partial charge on any atom is 0.266 e. The lowest BCUT2D eigenvalue weighted by atomic mass is 9.81. The standard InChI is InChI=1S/C34H47N3O11S4/c1-25-13-15-29-27(23-25)33(2,3)31(36(29)18-6-8-20-49(38,39)40)11-10-12-32-34(4,5)28-24-26(52(47,48)35-17-22-51(44,45)46)14-16-30(28)37(32)19-7-9-21-50(41,42)43/h10-16,23-24,35H,6-9,17-22H2,1-5H3,(H2-,38,39,40,41,42,43,44,45,46)/p+1. The molecule has 0 saturated heterocycles. The van der Waals surface area contributed by atoms with E-state index in [1.807, 2.05) is 55.7 Å². The summed E-state index contributed by atoms with van der Waals surface area (Å²) in [7, 11) is -16.8. The Morgan fingerprint density at radius 3 is 1.98 bits per heavy atom. The van der Waals surface area contributed by atoms with Gasteiger partial charge in [-0.15, -0.1) is 0 Å². The van der Waals surface area contributed by atoms with E-state index in [-0.39, 0.29) is 23.5 Å². The molecule has 0 saturated carbocycles. The van der Waals surface area contributed by atoms with Gasteiger partial charge in [-0.3, -0.25) is 13.7 Å². The van der Waals surface area contributed by atoms with E-state index in [2.05, 4.69) is 29.5 Å². The molecule has 2 aliphatic heterocycles. The smallest absolute Gasteiger partial charge is 0.266 e. The lowest BCUT2D eigenvalue weighted by Crippen LogP contribution is -2.30. The number of hydrogen-bond donors (Lipinski definition) is 4. The van der Waals surface area contributed by atoms with Gasteiger partial charge >= 0.3 is 0 Å². The number of fused-ring (bicyclic) bond motifs is 2. The minimum absolute atomic E-state index is 0.0984. The summed E-state index contributed by atoms with van der Waals surface area (Å²) in [5.41, 5.74) is 5.16. The Labute approximate surface area is 307 Å². The Bertz CT molecular complexity index is 2240. The number of nitrogens with one attached hydrogen (secondary N) is 1. The van der Waals surface area contributed by atoms with E-state index in [1.165, 1.54) is 12.1 Å². The molecule has 0 atom stereocenters. The molecule has 2 heterocycles. The first kappa shape index (κ1) is 41.8. The van der Waals surface area contributed by atoms with Gasteiger partial charge < -0.3 is 4.90 Å². The van der Waals surface area contributed by atoms with Crippen molar-refractivity contribution in [2.24, 2.45) is 0 Å². The molecular weight excluding hydrogens is 755 g/mol. The van der Waals surface area contributed by atoms with Crippen LogP contribution in [0.4, 0.5) is 11.4 Å². The van der Waals surface area contributed by atoms with Crippen LogP contribution in [-0.4, -0.2) is 94.5 Å². The second-order valence-electron chi connectivity index (χ2n) is 14.2. The molecule has 4 rings (SSSR count). The SMILES string of the molecule is Cc1ccc2c(c1)C(C)(C)/C(=C\C=CC1=[N+](CCCCS(=O)(=O)O)c3ccc(S(=O)(=O)NCCS(=O)(=O)O)cc3C1(C)C)N2CCCCS(=O)(=O)O. The molecular formula is C34H48N3O11S4+. The minimum Gasteiger partial charge on any atom is -0.344 e. The van der Waals surface area contributed by atoms with Crippen molar-refractivity contribution in [3.05, 3.63) is 77.0 Å². The van der Waals surface area contributed by atoms with Crippen LogP contribution >= 0.6 is 0 Å². The number of allylic oxidation sites excluding steroid dienone is 4. The van der Waals surface area contributed by atoms with Gasteiger partial charge in [0.1, 0.15) is 6.54 Å². The predicted octanol–water partition coefficient (Wildman–Crippen LogP) is 4.11. The molecule has 0 fully saturated rings. The van der Waals surface area contributed by atoms with Crippen molar-refractivity contribution >= 4 is 57.5 Å². The Morgan fingerprint density at radius 1 is 0.750 bits per heavy atom. The molecule has 18 heteroatoms. The van der Waals surface area contributed by atoms with Gasteiger partial charge in [-0.25, -0.2) is 13.1 Å². The van der Waals surface area contributed by atoms with Gasteiger partial charge in [0, 0.05) is 54.0 Å². The molecule has 2 aromatic rings. The lowest BCUT2D eigenvalue weighted by molar-refractivity contribution is -0.438. The zero-order chi connectivity index (χ0) is 38.9. The van der Waals surface area contributed by atoms with Gasteiger partial charge in [0.15, 0.2) is 5.71 Å². The molecule has 0 radical (unpaired) electrons. The summed E-state index contributed by atoms with van der Waals surface area (Å²) in [5, 5.41) is 0. The van der Waals surface area contributed by atoms with E-state index in [0.717, 1.165) is 28.2 Å². The van der Waals surface area contributed by atoms with Gasteiger partial charge in [-0.2, -0.15) is 29.8 Å². The van der Waals surface area contributed by atoms with Crippen LogP contribution in [0, 0.1) is 6.92 Å². The van der Waals surface area contributed by atoms with Gasteiger partial charge in [0.25, 0.3) is 30.4 Å². The van der Waals surface area contributed by atoms with E-state index in [0.29, 0.717) is 37.2 Å². The highest BCUT2D eigenvalue weighted by Crippen LogP contribution is 2.48. The molecule has 0 amide bonds. The first-order valence-electron chi connectivity index (χ1n) is 16.8. The molecule has 52 heavy (non-hydrogen) atoms. The summed E-state index contributed by atoms with van der Waals surface area (Å²) >= 11 is 0. The second kappa shape index (κ2) is 15.4. The van der Waals surface area contributed by atoms with Gasteiger partial charge in [-0.05, 0) is 69.9 Å². The number of unbranched alkanes of at least 4 members (excludes halogenated alkanes) is 2. The summed E-state index contributed by atoms with van der Waals surface area (Å²) < 4.78 is 126. The van der Waals surface area contributed by atoms with Gasteiger partial charge in [0.05, 0.1) is 27.6 Å². The highest BCUT2D eigenvalue weighted by atomic mass is 32.2. The molecule has 4 N–H and O–H groups in total. The Morgan fingerprint density at radius 2 is 1.37 bits per heavy atom. The number of benzene rings is 2. The average molecular weight is 803 g/mol. The third kappa shape index (κ3) is 10.2. The van der Waals surface area contributed by atoms with Crippen LogP contribution in [0.2, 0.25) is 0 Å². The highest BCUT2D eigenvalue weighted by molar-refractivity contribution is 7.89. The van der Waals surface area contributed by atoms with Crippen molar-refractivity contribution in [2.45, 2.75) is 76.0 Å². The summed E-state index contributed by atoms with van der Waals surface area (Å²) in [6.45, 7) is 10.4. The van der Waals surface area contributed by atoms with Crippen molar-refractivity contribution in [2.75, 3.05) is 41.8 Å². The average Bonchev–Trinajstić information content (AvgIpc) is 3.33. The van der Waals surface area contributed by atoms with E-state index in [9.17, 15) is 42.8 Å². The number of nitrogens with zero attached hydrogens (tertiary/aromatic N) is 2. The van der Waals surface area contributed by atoms with Crippen molar-refractivity contribution in [3.63, 3.8) is 0 Å². The number of rotatable bonds is 17. The molecule has 288 valence electrons. The minimum atomic E-state index is -4.38. The normalized spacial score (nSPS) is 18.1. The van der Waals surface area contributed by atoms with Crippen LogP contribution in [0.5, 0.6) is 0 Å². The van der Waals surface area contributed by atoms with Crippen molar-refractivity contribution in [3.8, 4) is 0 Å². The molecule has 0 unspecified atom stereocenters. The van der Waals surface area contributed by atoms with Gasteiger partial charge in [-0.1, -0.05) is 37.6 Å². The molecule has 0 aliphatic carbocycles. The molecule has 0 spiro atoms. The highest BCUT2D eigenvalue weighted by Gasteiger charge is 2.45. The zero-order valence-corrected chi connectivity index (χ0v) is 33.2. The summed E-state index contributed by atoms with van der Waals surface area (Å²) in [5.74, 6) is -1.53. The largest absolute Gasteiger partial charge is 0.344 e. The molecule has 0 aromatic heterocycles. The third-order valence-electron chi connectivity index (χ3n) is 9.45. The second-order valence-corrected chi connectivity index (χ2v) is 20.7. The number of hydrogen-bond acceptors (Lipinski definition) is 9. The number of sulfonamides is 1. The van der Waals surface area contributed by atoms with Crippen molar-refractivity contribution in [1.82, 2.24) is 4.72 Å². The fourth-order valence-electron chi connectivity index (χ4n) is 6.82. The fraction of sp³-hybridized carbons (Fsp3) is 0.500.